The van der Waals surface area contributed by atoms with Crippen molar-refractivity contribution in [2.75, 3.05) is 5.75 Å². The van der Waals surface area contributed by atoms with Gasteiger partial charge in [-0.25, -0.2) is 0 Å². The molecule has 2 rings (SSSR count). The maximum Gasteiger partial charge on any atom is 0.230 e. The Bertz CT molecular complexity index is 533. The number of nitrogens with one attached hydrogen (secondary N) is 1. The number of pyridine rings is 2. The first kappa shape index (κ1) is 14.5. The van der Waals surface area contributed by atoms with Crippen LogP contribution in [0.3, 0.4) is 0 Å². The van der Waals surface area contributed by atoms with E-state index >= 15 is 0 Å². The Labute approximate surface area is 123 Å². The van der Waals surface area contributed by atoms with Gasteiger partial charge in [0.15, 0.2) is 0 Å². The molecule has 1 atom stereocenters. The zero-order valence-corrected chi connectivity index (χ0v) is 12.1. The van der Waals surface area contributed by atoms with Gasteiger partial charge in [0, 0.05) is 35.7 Å². The first-order chi connectivity index (χ1) is 9.74. The number of amides is 1. The highest BCUT2D eigenvalue weighted by molar-refractivity contribution is 8.00. The van der Waals surface area contributed by atoms with Gasteiger partial charge in [-0.15, -0.1) is 11.8 Å². The number of nitrogens with zero attached hydrogens (tertiary/aromatic N) is 2. The molecule has 0 radical (unpaired) electrons. The second-order valence-electron chi connectivity index (χ2n) is 4.51. The minimum absolute atomic E-state index is 0.0446. The quantitative estimate of drug-likeness (QED) is 0.828. The summed E-state index contributed by atoms with van der Waals surface area (Å²) in [7, 11) is 0. The molecule has 4 nitrogen and oxygen atoms in total. The van der Waals surface area contributed by atoms with Crippen molar-refractivity contribution in [2.45, 2.75) is 24.3 Å². The zero-order valence-electron chi connectivity index (χ0n) is 11.3. The average molecular weight is 287 g/mol. The summed E-state index contributed by atoms with van der Waals surface area (Å²) in [5.41, 5.74) is 1.13. The molecule has 1 amide bonds. The SMILES string of the molecule is C[C@H](Cc1cccnc1)NC(=O)CSc1ccncc1. The molecule has 2 aromatic heterocycles. The van der Waals surface area contributed by atoms with Crippen molar-refractivity contribution in [3.8, 4) is 0 Å². The number of carbonyl (C=O) groups excluding carboxylic acids is 1. The predicted molar refractivity (Wildman–Crippen MR) is 80.5 cm³/mol. The molecule has 2 heterocycles. The van der Waals surface area contributed by atoms with Crippen molar-refractivity contribution in [3.63, 3.8) is 0 Å². The Morgan fingerprint density at radius 2 is 2.05 bits per heavy atom. The molecule has 0 bridgehead atoms. The minimum atomic E-state index is 0.0446. The molecule has 0 saturated carbocycles. The van der Waals surface area contributed by atoms with E-state index in [2.05, 4.69) is 15.3 Å². The Morgan fingerprint density at radius 1 is 1.25 bits per heavy atom. The number of hydrogen-bond acceptors (Lipinski definition) is 4. The molecule has 5 heteroatoms. The fourth-order valence-electron chi connectivity index (χ4n) is 1.82. The third-order valence-electron chi connectivity index (χ3n) is 2.69. The fraction of sp³-hybridized carbons (Fsp3) is 0.267. The molecule has 0 aliphatic heterocycles. The Morgan fingerprint density at radius 3 is 2.75 bits per heavy atom. The summed E-state index contributed by atoms with van der Waals surface area (Å²) in [6, 6.07) is 7.82. The largest absolute Gasteiger partial charge is 0.353 e. The summed E-state index contributed by atoms with van der Waals surface area (Å²) < 4.78 is 0. The molecule has 104 valence electrons. The van der Waals surface area contributed by atoms with Gasteiger partial charge in [-0.3, -0.25) is 14.8 Å². The van der Waals surface area contributed by atoms with E-state index in [1.54, 1.807) is 18.6 Å². The minimum Gasteiger partial charge on any atom is -0.353 e. The first-order valence-corrected chi connectivity index (χ1v) is 7.43. The fourth-order valence-corrected chi connectivity index (χ4v) is 2.52. The normalized spacial score (nSPS) is 11.8. The van der Waals surface area contributed by atoms with Crippen LogP contribution in [0.5, 0.6) is 0 Å². The van der Waals surface area contributed by atoms with Gasteiger partial charge in [-0.05, 0) is 37.1 Å². The molecule has 0 saturated heterocycles. The van der Waals surface area contributed by atoms with Crippen molar-refractivity contribution < 1.29 is 4.79 Å². The van der Waals surface area contributed by atoms with Crippen LogP contribution in [-0.2, 0) is 11.2 Å². The van der Waals surface area contributed by atoms with E-state index in [1.807, 2.05) is 37.4 Å². The molecule has 0 aromatic carbocycles. The second-order valence-corrected chi connectivity index (χ2v) is 5.55. The number of carbonyl (C=O) groups is 1. The van der Waals surface area contributed by atoms with Gasteiger partial charge < -0.3 is 5.32 Å². The Hall–Kier alpha value is -1.88. The summed E-state index contributed by atoms with van der Waals surface area (Å²) in [4.78, 5) is 20.9. The number of rotatable bonds is 6. The van der Waals surface area contributed by atoms with Crippen LogP contribution in [0.4, 0.5) is 0 Å². The predicted octanol–water partition coefficient (Wildman–Crippen LogP) is 2.32. The van der Waals surface area contributed by atoms with Crippen LogP contribution < -0.4 is 5.32 Å². The van der Waals surface area contributed by atoms with Gasteiger partial charge >= 0.3 is 0 Å². The number of aromatic nitrogens is 2. The highest BCUT2D eigenvalue weighted by Crippen LogP contribution is 2.15. The lowest BCUT2D eigenvalue weighted by molar-refractivity contribution is -0.119. The van der Waals surface area contributed by atoms with Crippen molar-refractivity contribution >= 4 is 17.7 Å². The van der Waals surface area contributed by atoms with Crippen LogP contribution in [0, 0.1) is 0 Å². The van der Waals surface area contributed by atoms with E-state index in [1.165, 1.54) is 11.8 Å². The molecule has 0 aliphatic rings. The van der Waals surface area contributed by atoms with Gasteiger partial charge in [0.25, 0.3) is 0 Å². The van der Waals surface area contributed by atoms with E-state index in [0.29, 0.717) is 5.75 Å². The summed E-state index contributed by atoms with van der Waals surface area (Å²) in [6.07, 6.45) is 7.82. The molecule has 0 unspecified atom stereocenters. The zero-order chi connectivity index (χ0) is 14.2. The first-order valence-electron chi connectivity index (χ1n) is 6.45. The van der Waals surface area contributed by atoms with Crippen LogP contribution in [0.2, 0.25) is 0 Å². The molecular formula is C15H17N3OS. The molecule has 20 heavy (non-hydrogen) atoms. The van der Waals surface area contributed by atoms with Crippen LogP contribution in [0.25, 0.3) is 0 Å². The molecular weight excluding hydrogens is 270 g/mol. The molecule has 0 fully saturated rings. The maximum atomic E-state index is 11.9. The molecule has 0 spiro atoms. The summed E-state index contributed by atoms with van der Waals surface area (Å²) >= 11 is 1.51. The van der Waals surface area contributed by atoms with Gasteiger partial charge in [0.2, 0.25) is 5.91 Å². The van der Waals surface area contributed by atoms with Gasteiger partial charge in [0.1, 0.15) is 0 Å². The van der Waals surface area contributed by atoms with E-state index in [-0.39, 0.29) is 11.9 Å². The lowest BCUT2D eigenvalue weighted by atomic mass is 10.1. The van der Waals surface area contributed by atoms with Gasteiger partial charge in [-0.2, -0.15) is 0 Å². The smallest absolute Gasteiger partial charge is 0.230 e. The standard InChI is InChI=1S/C15H17N3OS/c1-12(9-13-3-2-6-17-10-13)18-15(19)11-20-14-4-7-16-8-5-14/h2-8,10,12H,9,11H2,1H3,(H,18,19)/t12-/m1/s1. The molecule has 0 aliphatic carbocycles. The van der Waals surface area contributed by atoms with Crippen molar-refractivity contribution in [1.29, 1.82) is 0 Å². The highest BCUT2D eigenvalue weighted by atomic mass is 32.2. The monoisotopic (exact) mass is 287 g/mol. The van der Waals surface area contributed by atoms with E-state index in [0.717, 1.165) is 16.9 Å². The topological polar surface area (TPSA) is 54.9 Å². The summed E-state index contributed by atoms with van der Waals surface area (Å²) in [5.74, 6) is 0.463. The van der Waals surface area contributed by atoms with Gasteiger partial charge in [0.05, 0.1) is 5.75 Å². The number of thioether (sulfide) groups is 1. The van der Waals surface area contributed by atoms with E-state index < -0.39 is 0 Å². The lowest BCUT2D eigenvalue weighted by Gasteiger charge is -2.13. The highest BCUT2D eigenvalue weighted by Gasteiger charge is 2.08. The Kier molecular flexibility index (Phi) is 5.55. The summed E-state index contributed by atoms with van der Waals surface area (Å²) in [5, 5.41) is 3.00. The summed E-state index contributed by atoms with van der Waals surface area (Å²) in [6.45, 7) is 2.00. The third kappa shape index (κ3) is 5.01. The second kappa shape index (κ2) is 7.65. The van der Waals surface area contributed by atoms with Crippen LogP contribution in [-0.4, -0.2) is 27.7 Å². The Balaban J connectivity index is 1.74. The third-order valence-corrected chi connectivity index (χ3v) is 3.70. The molecule has 2 aromatic rings. The van der Waals surface area contributed by atoms with Crippen molar-refractivity contribution in [3.05, 3.63) is 54.6 Å². The van der Waals surface area contributed by atoms with E-state index in [9.17, 15) is 4.79 Å². The van der Waals surface area contributed by atoms with Crippen LogP contribution >= 0.6 is 11.8 Å². The number of hydrogen-bond donors (Lipinski definition) is 1. The van der Waals surface area contributed by atoms with E-state index in [4.69, 9.17) is 0 Å². The van der Waals surface area contributed by atoms with Crippen LogP contribution in [0.1, 0.15) is 12.5 Å². The lowest BCUT2D eigenvalue weighted by Crippen LogP contribution is -2.35. The maximum absolute atomic E-state index is 11.9. The van der Waals surface area contributed by atoms with Crippen molar-refractivity contribution in [2.24, 2.45) is 0 Å². The van der Waals surface area contributed by atoms with Gasteiger partial charge in [-0.1, -0.05) is 6.07 Å². The van der Waals surface area contributed by atoms with Crippen LogP contribution in [0.15, 0.2) is 53.9 Å². The molecule has 1 N–H and O–H groups in total. The average Bonchev–Trinajstić information content (AvgIpc) is 2.47. The van der Waals surface area contributed by atoms with Crippen molar-refractivity contribution in [1.82, 2.24) is 15.3 Å².